The van der Waals surface area contributed by atoms with Crippen LogP contribution in [0.2, 0.25) is 0 Å². The van der Waals surface area contributed by atoms with Gasteiger partial charge in [0.2, 0.25) is 5.91 Å². The van der Waals surface area contributed by atoms with E-state index in [9.17, 15) is 9.59 Å². The Kier molecular flexibility index (Phi) is 5.80. The lowest BCUT2D eigenvalue weighted by Crippen LogP contribution is -2.41. The molecule has 6 nitrogen and oxygen atoms in total. The van der Waals surface area contributed by atoms with E-state index in [1.807, 2.05) is 6.92 Å². The van der Waals surface area contributed by atoms with E-state index >= 15 is 0 Å². The SMILES string of the molecule is Cc1ccoc1C(=O)NCCCNC(=O)C1CCCNC1. The van der Waals surface area contributed by atoms with Crippen molar-refractivity contribution in [3.63, 3.8) is 0 Å². The highest BCUT2D eigenvalue weighted by Gasteiger charge is 2.20. The highest BCUT2D eigenvalue weighted by atomic mass is 16.3. The van der Waals surface area contributed by atoms with Crippen LogP contribution in [0.25, 0.3) is 0 Å². The molecule has 1 aromatic rings. The topological polar surface area (TPSA) is 83.4 Å². The number of aryl methyl sites for hydroxylation is 1. The van der Waals surface area contributed by atoms with E-state index in [1.165, 1.54) is 6.26 Å². The smallest absolute Gasteiger partial charge is 0.287 e. The van der Waals surface area contributed by atoms with Crippen LogP contribution in [0.3, 0.4) is 0 Å². The van der Waals surface area contributed by atoms with Gasteiger partial charge in [-0.1, -0.05) is 0 Å². The van der Waals surface area contributed by atoms with Crippen molar-refractivity contribution in [3.8, 4) is 0 Å². The second kappa shape index (κ2) is 7.83. The van der Waals surface area contributed by atoms with Gasteiger partial charge in [-0.25, -0.2) is 0 Å². The van der Waals surface area contributed by atoms with Crippen molar-refractivity contribution in [1.29, 1.82) is 0 Å². The number of rotatable bonds is 6. The average molecular weight is 293 g/mol. The fraction of sp³-hybridized carbons (Fsp3) is 0.600. The predicted molar refractivity (Wildman–Crippen MR) is 79.0 cm³/mol. The Balaban J connectivity index is 1.58. The molecule has 0 bridgehead atoms. The summed E-state index contributed by atoms with van der Waals surface area (Å²) in [5.41, 5.74) is 0.825. The van der Waals surface area contributed by atoms with Gasteiger partial charge in [-0.15, -0.1) is 0 Å². The molecule has 1 atom stereocenters. The van der Waals surface area contributed by atoms with Crippen LogP contribution in [0.4, 0.5) is 0 Å². The van der Waals surface area contributed by atoms with E-state index in [2.05, 4.69) is 16.0 Å². The summed E-state index contributed by atoms with van der Waals surface area (Å²) in [6, 6.07) is 1.76. The summed E-state index contributed by atoms with van der Waals surface area (Å²) in [7, 11) is 0. The standard InChI is InChI=1S/C15H23N3O3/c1-11-5-9-21-13(11)15(20)18-8-3-7-17-14(19)12-4-2-6-16-10-12/h5,9,12,16H,2-4,6-8,10H2,1H3,(H,17,19)(H,18,20). The molecule has 1 unspecified atom stereocenters. The number of hydrogen-bond acceptors (Lipinski definition) is 4. The molecule has 6 heteroatoms. The van der Waals surface area contributed by atoms with Gasteiger partial charge >= 0.3 is 0 Å². The van der Waals surface area contributed by atoms with E-state index in [1.54, 1.807) is 6.07 Å². The molecule has 2 amide bonds. The Morgan fingerprint density at radius 3 is 2.86 bits per heavy atom. The number of amides is 2. The highest BCUT2D eigenvalue weighted by molar-refractivity contribution is 5.92. The Morgan fingerprint density at radius 1 is 1.38 bits per heavy atom. The molecule has 0 spiro atoms. The lowest BCUT2D eigenvalue weighted by Gasteiger charge is -2.21. The fourth-order valence-electron chi connectivity index (χ4n) is 2.41. The van der Waals surface area contributed by atoms with Crippen molar-refractivity contribution >= 4 is 11.8 Å². The molecular formula is C15H23N3O3. The molecule has 0 radical (unpaired) electrons. The number of carbonyl (C=O) groups is 2. The van der Waals surface area contributed by atoms with Gasteiger partial charge < -0.3 is 20.4 Å². The first-order valence-electron chi connectivity index (χ1n) is 7.49. The van der Waals surface area contributed by atoms with Gasteiger partial charge in [0.05, 0.1) is 12.2 Å². The van der Waals surface area contributed by atoms with E-state index in [4.69, 9.17) is 4.42 Å². The van der Waals surface area contributed by atoms with Crippen molar-refractivity contribution < 1.29 is 14.0 Å². The first-order chi connectivity index (χ1) is 10.2. The van der Waals surface area contributed by atoms with Crippen LogP contribution < -0.4 is 16.0 Å². The van der Waals surface area contributed by atoms with Gasteiger partial charge in [-0.05, 0) is 38.8 Å². The summed E-state index contributed by atoms with van der Waals surface area (Å²) in [5.74, 6) is 0.335. The molecule has 0 saturated carbocycles. The van der Waals surface area contributed by atoms with Crippen LogP contribution in [-0.2, 0) is 4.79 Å². The van der Waals surface area contributed by atoms with E-state index in [-0.39, 0.29) is 17.7 Å². The van der Waals surface area contributed by atoms with Crippen molar-refractivity contribution in [2.24, 2.45) is 5.92 Å². The minimum absolute atomic E-state index is 0.0825. The van der Waals surface area contributed by atoms with Gasteiger partial charge in [0.1, 0.15) is 0 Å². The first-order valence-corrected chi connectivity index (χ1v) is 7.49. The second-order valence-electron chi connectivity index (χ2n) is 5.38. The van der Waals surface area contributed by atoms with Crippen molar-refractivity contribution in [2.75, 3.05) is 26.2 Å². The minimum Gasteiger partial charge on any atom is -0.459 e. The molecule has 0 aromatic carbocycles. The number of carbonyl (C=O) groups excluding carboxylic acids is 2. The first kappa shape index (κ1) is 15.6. The number of hydrogen-bond donors (Lipinski definition) is 3. The third-order valence-electron chi connectivity index (χ3n) is 3.67. The maximum Gasteiger partial charge on any atom is 0.287 e. The highest BCUT2D eigenvalue weighted by Crippen LogP contribution is 2.09. The van der Waals surface area contributed by atoms with Gasteiger partial charge in [0.15, 0.2) is 5.76 Å². The molecule has 1 aliphatic rings. The van der Waals surface area contributed by atoms with Crippen LogP contribution >= 0.6 is 0 Å². The van der Waals surface area contributed by atoms with Crippen LogP contribution in [0, 0.1) is 12.8 Å². The Bertz CT molecular complexity index is 478. The number of piperidine rings is 1. The molecule has 2 rings (SSSR count). The molecule has 1 fully saturated rings. The van der Waals surface area contributed by atoms with E-state index in [0.717, 1.165) is 31.5 Å². The molecule has 2 heterocycles. The predicted octanol–water partition coefficient (Wildman–Crippen LogP) is 0.824. The van der Waals surface area contributed by atoms with Gasteiger partial charge in [-0.2, -0.15) is 0 Å². The van der Waals surface area contributed by atoms with E-state index in [0.29, 0.717) is 25.3 Å². The minimum atomic E-state index is -0.208. The Morgan fingerprint density at radius 2 is 2.19 bits per heavy atom. The zero-order valence-corrected chi connectivity index (χ0v) is 12.4. The van der Waals surface area contributed by atoms with Crippen molar-refractivity contribution in [3.05, 3.63) is 23.7 Å². The monoisotopic (exact) mass is 293 g/mol. The fourth-order valence-corrected chi connectivity index (χ4v) is 2.41. The quantitative estimate of drug-likeness (QED) is 0.678. The summed E-state index contributed by atoms with van der Waals surface area (Å²) in [6.07, 6.45) is 4.21. The van der Waals surface area contributed by atoms with Gasteiger partial charge in [-0.3, -0.25) is 9.59 Å². The largest absolute Gasteiger partial charge is 0.459 e. The maximum atomic E-state index is 11.9. The molecule has 116 valence electrons. The maximum absolute atomic E-state index is 11.9. The summed E-state index contributed by atoms with van der Waals surface area (Å²) in [4.78, 5) is 23.6. The molecule has 3 N–H and O–H groups in total. The normalized spacial score (nSPS) is 18.2. The summed E-state index contributed by atoms with van der Waals surface area (Å²) < 4.78 is 5.11. The Hall–Kier alpha value is -1.82. The third kappa shape index (κ3) is 4.60. The number of furan rings is 1. The molecular weight excluding hydrogens is 270 g/mol. The third-order valence-corrected chi connectivity index (χ3v) is 3.67. The lowest BCUT2D eigenvalue weighted by atomic mass is 9.99. The zero-order valence-electron chi connectivity index (χ0n) is 12.4. The zero-order chi connectivity index (χ0) is 15.1. The molecule has 0 aliphatic carbocycles. The molecule has 1 aliphatic heterocycles. The van der Waals surface area contributed by atoms with Crippen LogP contribution in [0.1, 0.15) is 35.4 Å². The van der Waals surface area contributed by atoms with Crippen LogP contribution in [0.15, 0.2) is 16.7 Å². The average Bonchev–Trinajstić information content (AvgIpc) is 2.93. The molecule has 1 saturated heterocycles. The number of nitrogens with one attached hydrogen (secondary N) is 3. The van der Waals surface area contributed by atoms with Crippen LogP contribution in [-0.4, -0.2) is 38.0 Å². The summed E-state index contributed by atoms with van der Waals surface area (Å²) in [6.45, 7) is 4.69. The van der Waals surface area contributed by atoms with Crippen molar-refractivity contribution in [2.45, 2.75) is 26.2 Å². The summed E-state index contributed by atoms with van der Waals surface area (Å²) >= 11 is 0. The van der Waals surface area contributed by atoms with Crippen LogP contribution in [0.5, 0.6) is 0 Å². The molecule has 1 aromatic heterocycles. The van der Waals surface area contributed by atoms with E-state index < -0.39 is 0 Å². The second-order valence-corrected chi connectivity index (χ2v) is 5.38. The van der Waals surface area contributed by atoms with Crippen molar-refractivity contribution in [1.82, 2.24) is 16.0 Å². The lowest BCUT2D eigenvalue weighted by molar-refractivity contribution is -0.125. The summed E-state index contributed by atoms with van der Waals surface area (Å²) in [5, 5.41) is 8.93. The van der Waals surface area contributed by atoms with Gasteiger partial charge in [0.25, 0.3) is 5.91 Å². The molecule has 21 heavy (non-hydrogen) atoms. The van der Waals surface area contributed by atoms with Gasteiger partial charge in [0, 0.05) is 25.2 Å². The Labute approximate surface area is 124 Å².